The van der Waals surface area contributed by atoms with Crippen molar-refractivity contribution in [2.75, 3.05) is 0 Å². The van der Waals surface area contributed by atoms with Gasteiger partial charge in [0, 0.05) is 10.6 Å². The van der Waals surface area contributed by atoms with Crippen LogP contribution in [0.4, 0.5) is 0 Å². The number of aryl methyl sites for hydroxylation is 1. The van der Waals surface area contributed by atoms with Gasteiger partial charge in [0.25, 0.3) is 0 Å². The van der Waals surface area contributed by atoms with Crippen molar-refractivity contribution >= 4 is 23.6 Å². The van der Waals surface area contributed by atoms with Gasteiger partial charge in [-0.3, -0.25) is 0 Å². The highest BCUT2D eigenvalue weighted by atomic mass is 32.1. The van der Waals surface area contributed by atoms with E-state index in [1.807, 2.05) is 0 Å². The molecule has 1 aromatic heterocycles. The molecule has 0 amide bonds. The molecule has 0 spiro atoms. The minimum Gasteiger partial charge on any atom is -0.340 e. The van der Waals surface area contributed by atoms with Crippen molar-refractivity contribution < 1.29 is 0 Å². The highest BCUT2D eigenvalue weighted by Crippen LogP contribution is 2.21. The van der Waals surface area contributed by atoms with E-state index >= 15 is 0 Å². The maximum absolute atomic E-state index is 5.00. The SMILES string of the molecule is Cc1sc(=S)[nH]c1C(C)C. The lowest BCUT2D eigenvalue weighted by atomic mass is 10.1. The van der Waals surface area contributed by atoms with Crippen molar-refractivity contribution in [3.63, 3.8) is 0 Å². The Morgan fingerprint density at radius 2 is 2.10 bits per heavy atom. The van der Waals surface area contributed by atoms with Crippen molar-refractivity contribution in [3.8, 4) is 0 Å². The molecule has 0 fully saturated rings. The highest BCUT2D eigenvalue weighted by Gasteiger charge is 2.04. The second-order valence-electron chi connectivity index (χ2n) is 2.64. The number of hydrogen-bond acceptors (Lipinski definition) is 2. The van der Waals surface area contributed by atoms with Gasteiger partial charge in [-0.25, -0.2) is 0 Å². The first-order valence-corrected chi connectivity index (χ1v) is 4.53. The van der Waals surface area contributed by atoms with Gasteiger partial charge < -0.3 is 4.98 Å². The molecule has 10 heavy (non-hydrogen) atoms. The van der Waals surface area contributed by atoms with E-state index in [1.165, 1.54) is 10.6 Å². The molecule has 0 bridgehead atoms. The van der Waals surface area contributed by atoms with Gasteiger partial charge in [0.1, 0.15) is 0 Å². The average molecular weight is 173 g/mol. The van der Waals surface area contributed by atoms with Crippen molar-refractivity contribution in [1.29, 1.82) is 0 Å². The van der Waals surface area contributed by atoms with Gasteiger partial charge >= 0.3 is 0 Å². The van der Waals surface area contributed by atoms with E-state index < -0.39 is 0 Å². The summed E-state index contributed by atoms with van der Waals surface area (Å²) in [7, 11) is 0. The second kappa shape index (κ2) is 2.84. The second-order valence-corrected chi connectivity index (χ2v) is 4.53. The van der Waals surface area contributed by atoms with Gasteiger partial charge in [0.05, 0.1) is 0 Å². The Morgan fingerprint density at radius 3 is 2.30 bits per heavy atom. The van der Waals surface area contributed by atoms with Crippen molar-refractivity contribution in [2.45, 2.75) is 26.7 Å². The summed E-state index contributed by atoms with van der Waals surface area (Å²) < 4.78 is 0.890. The molecule has 1 nitrogen and oxygen atoms in total. The molecule has 0 atom stereocenters. The van der Waals surface area contributed by atoms with Crippen LogP contribution in [0.3, 0.4) is 0 Å². The zero-order valence-electron chi connectivity index (χ0n) is 6.39. The van der Waals surface area contributed by atoms with Crippen LogP contribution in [-0.4, -0.2) is 4.98 Å². The lowest BCUT2D eigenvalue weighted by molar-refractivity contribution is 0.823. The Balaban J connectivity index is 3.15. The zero-order chi connectivity index (χ0) is 7.72. The summed E-state index contributed by atoms with van der Waals surface area (Å²) in [6, 6.07) is 0. The van der Waals surface area contributed by atoms with Gasteiger partial charge in [0.2, 0.25) is 0 Å². The third kappa shape index (κ3) is 1.47. The van der Waals surface area contributed by atoms with E-state index in [0.717, 1.165) is 3.95 Å². The topological polar surface area (TPSA) is 15.8 Å². The molecule has 1 rings (SSSR count). The number of H-pyrrole nitrogens is 1. The summed E-state index contributed by atoms with van der Waals surface area (Å²) >= 11 is 6.66. The minimum absolute atomic E-state index is 0.563. The van der Waals surface area contributed by atoms with Crippen LogP contribution in [-0.2, 0) is 0 Å². The number of nitrogens with one attached hydrogen (secondary N) is 1. The molecular weight excluding hydrogens is 162 g/mol. The smallest absolute Gasteiger partial charge is 0.158 e. The molecule has 0 saturated heterocycles. The van der Waals surface area contributed by atoms with Gasteiger partial charge in [-0.05, 0) is 25.1 Å². The Morgan fingerprint density at radius 1 is 1.50 bits per heavy atom. The van der Waals surface area contributed by atoms with Crippen molar-refractivity contribution in [3.05, 3.63) is 14.5 Å². The van der Waals surface area contributed by atoms with E-state index in [0.29, 0.717) is 5.92 Å². The number of thiazole rings is 1. The molecule has 0 aliphatic rings. The lowest BCUT2D eigenvalue weighted by Gasteiger charge is -2.00. The van der Waals surface area contributed by atoms with E-state index in [1.54, 1.807) is 11.3 Å². The molecule has 0 unspecified atom stereocenters. The first kappa shape index (κ1) is 7.95. The van der Waals surface area contributed by atoms with Gasteiger partial charge in [-0.15, -0.1) is 11.3 Å². The lowest BCUT2D eigenvalue weighted by Crippen LogP contribution is -1.88. The summed E-state index contributed by atoms with van der Waals surface area (Å²) in [5, 5.41) is 0. The predicted molar refractivity (Wildman–Crippen MR) is 48.3 cm³/mol. The Hall–Kier alpha value is -0.150. The normalized spacial score (nSPS) is 10.8. The first-order valence-electron chi connectivity index (χ1n) is 3.31. The van der Waals surface area contributed by atoms with Crippen molar-refractivity contribution in [1.82, 2.24) is 4.98 Å². The number of aromatic nitrogens is 1. The minimum atomic E-state index is 0.563. The largest absolute Gasteiger partial charge is 0.340 e. The Bertz CT molecular complexity index is 269. The van der Waals surface area contributed by atoms with Crippen LogP contribution in [0.2, 0.25) is 0 Å². The van der Waals surface area contributed by atoms with Crippen LogP contribution in [0.5, 0.6) is 0 Å². The van der Waals surface area contributed by atoms with E-state index in [2.05, 4.69) is 25.8 Å². The predicted octanol–water partition coefficient (Wildman–Crippen LogP) is 3.24. The van der Waals surface area contributed by atoms with Crippen LogP contribution in [0, 0.1) is 10.9 Å². The van der Waals surface area contributed by atoms with Crippen LogP contribution in [0.1, 0.15) is 30.3 Å². The summed E-state index contributed by atoms with van der Waals surface area (Å²) in [6.07, 6.45) is 0. The van der Waals surface area contributed by atoms with Crippen LogP contribution in [0.25, 0.3) is 0 Å². The molecule has 0 aromatic carbocycles. The molecule has 56 valence electrons. The van der Waals surface area contributed by atoms with Crippen LogP contribution in [0.15, 0.2) is 0 Å². The summed E-state index contributed by atoms with van der Waals surface area (Å²) in [5.41, 5.74) is 1.29. The Labute approximate surface area is 70.1 Å². The molecule has 0 aliphatic heterocycles. The maximum Gasteiger partial charge on any atom is 0.158 e. The van der Waals surface area contributed by atoms with Crippen LogP contribution < -0.4 is 0 Å². The molecule has 0 radical (unpaired) electrons. The molecule has 1 N–H and O–H groups in total. The summed E-state index contributed by atoms with van der Waals surface area (Å²) in [4.78, 5) is 4.50. The van der Waals surface area contributed by atoms with E-state index in [9.17, 15) is 0 Å². The molecule has 3 heteroatoms. The molecule has 1 heterocycles. The standard InChI is InChI=1S/C7H11NS2/c1-4(2)6-5(3)10-7(9)8-6/h4H,1-3H3,(H,8,9). The number of hydrogen-bond donors (Lipinski definition) is 1. The van der Waals surface area contributed by atoms with E-state index in [-0.39, 0.29) is 0 Å². The van der Waals surface area contributed by atoms with Crippen LogP contribution >= 0.6 is 23.6 Å². The van der Waals surface area contributed by atoms with Gasteiger partial charge in [-0.2, -0.15) is 0 Å². The maximum atomic E-state index is 5.00. The Kier molecular flexibility index (Phi) is 2.26. The molecule has 0 saturated carbocycles. The molecular formula is C7H11NS2. The monoisotopic (exact) mass is 173 g/mol. The quantitative estimate of drug-likeness (QED) is 0.645. The van der Waals surface area contributed by atoms with E-state index in [4.69, 9.17) is 12.2 Å². The molecule has 0 aliphatic carbocycles. The third-order valence-electron chi connectivity index (χ3n) is 1.44. The number of rotatable bonds is 1. The average Bonchev–Trinajstić information content (AvgIpc) is 2.10. The summed E-state index contributed by atoms with van der Waals surface area (Å²) in [6.45, 7) is 6.44. The van der Waals surface area contributed by atoms with Gasteiger partial charge in [0.15, 0.2) is 3.95 Å². The van der Waals surface area contributed by atoms with Crippen molar-refractivity contribution in [2.24, 2.45) is 0 Å². The fraction of sp³-hybridized carbons (Fsp3) is 0.571. The first-order chi connectivity index (χ1) is 4.61. The third-order valence-corrected chi connectivity index (χ3v) is 2.60. The van der Waals surface area contributed by atoms with Gasteiger partial charge in [-0.1, -0.05) is 13.8 Å². The zero-order valence-corrected chi connectivity index (χ0v) is 8.03. The fourth-order valence-electron chi connectivity index (χ4n) is 0.968. The fourth-order valence-corrected chi connectivity index (χ4v) is 2.29. The summed E-state index contributed by atoms with van der Waals surface area (Å²) in [5.74, 6) is 0.563. The molecule has 1 aromatic rings. The number of aromatic amines is 1. The highest BCUT2D eigenvalue weighted by molar-refractivity contribution is 7.73.